The van der Waals surface area contributed by atoms with Gasteiger partial charge in [-0.15, -0.1) is 0 Å². The van der Waals surface area contributed by atoms with Gasteiger partial charge in [0.1, 0.15) is 6.54 Å². The molecule has 0 saturated carbocycles. The normalized spacial score (nSPS) is 11.5. The first-order valence-electron chi connectivity index (χ1n) is 7.56. The zero-order valence-corrected chi connectivity index (χ0v) is 14.7. The summed E-state index contributed by atoms with van der Waals surface area (Å²) in [5, 5.41) is 14.7. The van der Waals surface area contributed by atoms with Gasteiger partial charge in [-0.3, -0.25) is 14.3 Å². The zero-order valence-electron chi connectivity index (χ0n) is 13.8. The quantitative estimate of drug-likeness (QED) is 0.764. The summed E-state index contributed by atoms with van der Waals surface area (Å²) in [4.78, 5) is 22.8. The lowest BCUT2D eigenvalue weighted by molar-refractivity contribution is -0.137. The second-order valence-electron chi connectivity index (χ2n) is 5.75. The molecule has 2 rings (SSSR count). The van der Waals surface area contributed by atoms with Crippen molar-refractivity contribution in [2.24, 2.45) is 0 Å². The molecule has 9 heteroatoms. The maximum absolute atomic E-state index is 12.1. The Labute approximate surface area is 145 Å². The number of carbonyl (C=O) groups excluding carboxylic acids is 1. The molecule has 0 bridgehead atoms. The predicted molar refractivity (Wildman–Crippen MR) is 91.0 cm³/mol. The Morgan fingerprint density at radius 3 is 2.40 bits per heavy atom. The van der Waals surface area contributed by atoms with Crippen LogP contribution in [0.2, 0.25) is 0 Å². The second-order valence-corrected chi connectivity index (χ2v) is 8.26. The fraction of sp³-hybridized carbons (Fsp3) is 0.312. The van der Waals surface area contributed by atoms with Crippen LogP contribution in [0.4, 0.5) is 5.82 Å². The number of anilines is 1. The molecule has 1 aromatic heterocycles. The van der Waals surface area contributed by atoms with Crippen LogP contribution in [0.5, 0.6) is 0 Å². The lowest BCUT2D eigenvalue weighted by Crippen LogP contribution is -2.16. The molecular formula is C16H19N3O5S. The van der Waals surface area contributed by atoms with Crippen LogP contribution in [-0.4, -0.2) is 40.4 Å². The third kappa shape index (κ3) is 4.90. The number of hydrogen-bond acceptors (Lipinski definition) is 5. The molecule has 0 atom stereocenters. The van der Waals surface area contributed by atoms with Gasteiger partial charge in [0.05, 0.1) is 16.6 Å². The highest BCUT2D eigenvalue weighted by molar-refractivity contribution is 7.92. The van der Waals surface area contributed by atoms with Crippen molar-refractivity contribution in [1.82, 2.24) is 9.78 Å². The number of hydrogen-bond donors (Lipinski definition) is 2. The van der Waals surface area contributed by atoms with E-state index in [1.54, 1.807) is 26.0 Å². The molecule has 2 N–H and O–H groups in total. The van der Waals surface area contributed by atoms with Crippen molar-refractivity contribution in [3.63, 3.8) is 0 Å². The average Bonchev–Trinajstić information content (AvgIpc) is 2.93. The van der Waals surface area contributed by atoms with Crippen molar-refractivity contribution in [2.45, 2.75) is 37.0 Å². The largest absolute Gasteiger partial charge is 0.480 e. The van der Waals surface area contributed by atoms with Crippen LogP contribution in [0, 0.1) is 0 Å². The van der Waals surface area contributed by atoms with E-state index in [1.807, 2.05) is 0 Å². The minimum Gasteiger partial charge on any atom is -0.480 e. The van der Waals surface area contributed by atoms with Crippen LogP contribution in [0.25, 0.3) is 0 Å². The smallest absolute Gasteiger partial charge is 0.325 e. The van der Waals surface area contributed by atoms with E-state index in [-0.39, 0.29) is 29.6 Å². The third-order valence-electron chi connectivity index (χ3n) is 3.44. The van der Waals surface area contributed by atoms with Gasteiger partial charge in [-0.05, 0) is 31.5 Å². The van der Waals surface area contributed by atoms with Crippen molar-refractivity contribution < 1.29 is 23.1 Å². The molecule has 25 heavy (non-hydrogen) atoms. The first-order chi connectivity index (χ1) is 11.7. The first-order valence-corrected chi connectivity index (χ1v) is 9.11. The van der Waals surface area contributed by atoms with E-state index < -0.39 is 21.1 Å². The molecule has 0 spiro atoms. The van der Waals surface area contributed by atoms with Gasteiger partial charge in [0.25, 0.3) is 0 Å². The summed E-state index contributed by atoms with van der Waals surface area (Å²) < 4.78 is 25.3. The Morgan fingerprint density at radius 2 is 1.84 bits per heavy atom. The van der Waals surface area contributed by atoms with E-state index in [2.05, 4.69) is 10.4 Å². The number of nitrogens with one attached hydrogen (secondary N) is 1. The molecule has 0 aliphatic carbocycles. The summed E-state index contributed by atoms with van der Waals surface area (Å²) in [6, 6.07) is 7.66. The predicted octanol–water partition coefficient (Wildman–Crippen LogP) is 1.33. The van der Waals surface area contributed by atoms with E-state index in [0.717, 1.165) is 0 Å². The lowest BCUT2D eigenvalue weighted by atomic mass is 10.1. The summed E-state index contributed by atoms with van der Waals surface area (Å²) >= 11 is 0. The van der Waals surface area contributed by atoms with E-state index in [0.29, 0.717) is 5.56 Å². The number of amides is 1. The number of benzene rings is 1. The molecule has 1 heterocycles. The number of rotatable bonds is 7. The van der Waals surface area contributed by atoms with Crippen LogP contribution in [-0.2, 0) is 32.4 Å². The Balaban J connectivity index is 1.99. The monoisotopic (exact) mass is 365 g/mol. The number of carboxylic acid groups (broad SMARTS) is 1. The molecule has 0 radical (unpaired) electrons. The number of carboxylic acids is 1. The minimum absolute atomic E-state index is 0.0494. The molecular weight excluding hydrogens is 346 g/mol. The molecule has 1 amide bonds. The van der Waals surface area contributed by atoms with Gasteiger partial charge >= 0.3 is 5.97 Å². The highest BCUT2D eigenvalue weighted by Gasteiger charge is 2.18. The van der Waals surface area contributed by atoms with Gasteiger partial charge in [0, 0.05) is 12.3 Å². The molecule has 0 saturated heterocycles. The lowest BCUT2D eigenvalue weighted by Gasteiger charge is -2.08. The summed E-state index contributed by atoms with van der Waals surface area (Å²) in [5.74, 6) is -1.11. The summed E-state index contributed by atoms with van der Waals surface area (Å²) in [6.07, 6.45) is 1.50. The second kappa shape index (κ2) is 7.47. The number of aromatic nitrogens is 2. The molecule has 134 valence electrons. The molecule has 0 aliphatic rings. The fourth-order valence-corrected chi connectivity index (χ4v) is 3.16. The SMILES string of the molecule is CC(C)S(=O)(=O)c1ccc(CC(=O)Nc2ccn(CC(=O)O)n2)cc1. The van der Waals surface area contributed by atoms with Gasteiger partial charge in [-0.2, -0.15) is 5.10 Å². The highest BCUT2D eigenvalue weighted by atomic mass is 32.2. The van der Waals surface area contributed by atoms with Crippen LogP contribution in [0.1, 0.15) is 19.4 Å². The van der Waals surface area contributed by atoms with Gasteiger partial charge in [0.15, 0.2) is 15.7 Å². The Bertz CT molecular complexity index is 869. The van der Waals surface area contributed by atoms with Crippen molar-refractivity contribution >= 4 is 27.5 Å². The van der Waals surface area contributed by atoms with Gasteiger partial charge in [0.2, 0.25) is 5.91 Å². The van der Waals surface area contributed by atoms with Gasteiger partial charge in [-0.25, -0.2) is 8.42 Å². The summed E-state index contributed by atoms with van der Waals surface area (Å²) in [6.45, 7) is 2.93. The molecule has 0 unspecified atom stereocenters. The standard InChI is InChI=1S/C16H19N3O5S/c1-11(2)25(23,24)13-5-3-12(4-6-13)9-15(20)17-14-7-8-19(18-14)10-16(21)22/h3-8,11H,9-10H2,1-2H3,(H,21,22)(H,17,18,20). The van der Waals surface area contributed by atoms with E-state index in [9.17, 15) is 18.0 Å². The van der Waals surface area contributed by atoms with Crippen LogP contribution >= 0.6 is 0 Å². The van der Waals surface area contributed by atoms with E-state index in [4.69, 9.17) is 5.11 Å². The molecule has 0 fully saturated rings. The van der Waals surface area contributed by atoms with Crippen molar-refractivity contribution in [3.8, 4) is 0 Å². The Hall–Kier alpha value is -2.68. The van der Waals surface area contributed by atoms with Gasteiger partial charge < -0.3 is 10.4 Å². The summed E-state index contributed by atoms with van der Waals surface area (Å²) in [7, 11) is -3.34. The third-order valence-corrected chi connectivity index (χ3v) is 5.61. The van der Waals surface area contributed by atoms with Crippen LogP contribution in [0.15, 0.2) is 41.4 Å². The number of nitrogens with zero attached hydrogens (tertiary/aromatic N) is 2. The molecule has 1 aromatic carbocycles. The molecule has 8 nitrogen and oxygen atoms in total. The van der Waals surface area contributed by atoms with E-state index in [1.165, 1.54) is 29.1 Å². The van der Waals surface area contributed by atoms with Crippen molar-refractivity contribution in [2.75, 3.05) is 5.32 Å². The van der Waals surface area contributed by atoms with E-state index >= 15 is 0 Å². The Morgan fingerprint density at radius 1 is 1.20 bits per heavy atom. The first kappa shape index (κ1) is 18.7. The number of aliphatic carboxylic acids is 1. The van der Waals surface area contributed by atoms with Crippen LogP contribution in [0.3, 0.4) is 0 Å². The maximum atomic E-state index is 12.1. The molecule has 2 aromatic rings. The Kier molecular flexibility index (Phi) is 5.58. The minimum atomic E-state index is -3.34. The average molecular weight is 365 g/mol. The highest BCUT2D eigenvalue weighted by Crippen LogP contribution is 2.17. The maximum Gasteiger partial charge on any atom is 0.325 e. The zero-order chi connectivity index (χ0) is 18.6. The van der Waals surface area contributed by atoms with Crippen molar-refractivity contribution in [3.05, 3.63) is 42.1 Å². The summed E-state index contributed by atoms with van der Waals surface area (Å²) in [5.41, 5.74) is 0.658. The molecule has 0 aliphatic heterocycles. The topological polar surface area (TPSA) is 118 Å². The fourth-order valence-electron chi connectivity index (χ4n) is 2.10. The van der Waals surface area contributed by atoms with Crippen LogP contribution < -0.4 is 5.32 Å². The van der Waals surface area contributed by atoms with Gasteiger partial charge in [-0.1, -0.05) is 12.1 Å². The van der Waals surface area contributed by atoms with Crippen molar-refractivity contribution in [1.29, 1.82) is 0 Å². The number of carbonyl (C=O) groups is 2. The number of sulfone groups is 1.